The minimum Gasteiger partial charge on any atom is -0.294 e. The fraction of sp³-hybridized carbons (Fsp3) is 0.429. The van der Waals surface area contributed by atoms with E-state index in [1.165, 1.54) is 0 Å². The van der Waals surface area contributed by atoms with E-state index in [1.54, 1.807) is 15.9 Å². The molecule has 0 radical (unpaired) electrons. The van der Waals surface area contributed by atoms with Crippen molar-refractivity contribution in [3.63, 3.8) is 0 Å². The van der Waals surface area contributed by atoms with E-state index >= 15 is 0 Å². The molecule has 0 unspecified atom stereocenters. The van der Waals surface area contributed by atoms with Crippen molar-refractivity contribution in [2.45, 2.75) is 17.2 Å². The third kappa shape index (κ3) is 4.01. The van der Waals surface area contributed by atoms with Crippen molar-refractivity contribution in [2.75, 3.05) is 5.32 Å². The first-order chi connectivity index (χ1) is 8.73. The molecule has 0 atom stereocenters. The van der Waals surface area contributed by atoms with Crippen molar-refractivity contribution < 1.29 is 39.9 Å². The van der Waals surface area contributed by atoms with Crippen LogP contribution < -0.4 is 5.32 Å². The van der Waals surface area contributed by atoms with Gasteiger partial charge in [-0.1, -0.05) is 11.3 Å². The van der Waals surface area contributed by atoms with Gasteiger partial charge in [-0.05, 0) is 15.9 Å². The maximum atomic E-state index is 12.9. The highest BCUT2D eigenvalue weighted by molar-refractivity contribution is 9.09. The highest BCUT2D eigenvalue weighted by atomic mass is 79.9. The number of carbonyl (C=O) groups excluding carboxylic acids is 1. The molecule has 1 amide bonds. The molecule has 0 aliphatic rings. The van der Waals surface area contributed by atoms with Crippen LogP contribution in [0.5, 0.6) is 0 Å². The molecule has 3 nitrogen and oxygen atoms in total. The summed E-state index contributed by atoms with van der Waals surface area (Å²) in [5.41, 5.74) is -2.08. The number of nitrogens with zero attached hydrogens (tertiary/aromatic N) is 1. The Morgan fingerprint density at radius 2 is 1.60 bits per heavy atom. The van der Waals surface area contributed by atoms with Crippen molar-refractivity contribution in [3.8, 4) is 0 Å². The van der Waals surface area contributed by atoms with Crippen LogP contribution in [0.25, 0.3) is 0 Å². The monoisotopic (exact) mass is 392 g/mol. The molecule has 0 aliphatic heterocycles. The summed E-state index contributed by atoms with van der Waals surface area (Å²) in [5.74, 6) is -2.62. The molecule has 0 bridgehead atoms. The number of halogens is 9. The summed E-state index contributed by atoms with van der Waals surface area (Å²) in [6.07, 6.45) is -10.7. The van der Waals surface area contributed by atoms with Crippen molar-refractivity contribution in [1.82, 2.24) is 4.98 Å². The van der Waals surface area contributed by atoms with Crippen LogP contribution in [0, 0.1) is 0 Å². The number of hydrogen-bond acceptors (Lipinski definition) is 3. The number of amides is 1. The first kappa shape index (κ1) is 17.1. The van der Waals surface area contributed by atoms with Gasteiger partial charge in [0.2, 0.25) is 0 Å². The zero-order chi connectivity index (χ0) is 15.9. The first-order valence-corrected chi connectivity index (χ1v) is 5.87. The Kier molecular flexibility index (Phi) is 4.35. The summed E-state index contributed by atoms with van der Waals surface area (Å²) in [4.78, 5) is 7.24. The average molecular weight is 393 g/mol. The predicted molar refractivity (Wildman–Crippen MR) is 54.6 cm³/mol. The van der Waals surface area contributed by atoms with E-state index in [0.29, 0.717) is 0 Å². The molecule has 1 rings (SSSR count). The third-order valence-electron chi connectivity index (χ3n) is 1.63. The SMILES string of the molecule is O=C(Nc1nc(C(F)(F)F)c(C(F)(F)Br)s1)C(F)(F)F. The summed E-state index contributed by atoms with van der Waals surface area (Å²) in [7, 11) is 0. The predicted octanol–water partition coefficient (Wildman–Crippen LogP) is 4.11. The first-order valence-electron chi connectivity index (χ1n) is 4.26. The minimum atomic E-state index is -5.39. The molecule has 0 saturated heterocycles. The number of alkyl halides is 9. The van der Waals surface area contributed by atoms with Crippen LogP contribution >= 0.6 is 27.3 Å². The van der Waals surface area contributed by atoms with Gasteiger partial charge in [-0.2, -0.15) is 35.1 Å². The number of carbonyl (C=O) groups is 1. The highest BCUT2D eigenvalue weighted by Crippen LogP contribution is 2.46. The Bertz CT molecular complexity index is 485. The minimum absolute atomic E-state index is 0.422. The van der Waals surface area contributed by atoms with E-state index in [4.69, 9.17) is 0 Å². The second-order valence-corrected chi connectivity index (χ2v) is 5.14. The zero-order valence-corrected chi connectivity index (χ0v) is 11.1. The topological polar surface area (TPSA) is 42.0 Å². The molecule has 1 N–H and O–H groups in total. The fourth-order valence-electron chi connectivity index (χ4n) is 0.926. The maximum Gasteiger partial charge on any atom is 0.471 e. The number of nitrogens with one attached hydrogen (secondary N) is 1. The van der Waals surface area contributed by atoms with E-state index in [9.17, 15) is 39.9 Å². The summed E-state index contributed by atoms with van der Waals surface area (Å²) in [6, 6.07) is 0. The standard InChI is InChI=1S/C7HBrF8N2OS/c8-5(9,10)2-1(6(11,12)13)17-4(20-2)18-3(19)7(14,15)16/h(H,17,18,19). The summed E-state index contributed by atoms with van der Waals surface area (Å²) < 4.78 is 98.7. The average Bonchev–Trinajstić information content (AvgIpc) is 2.58. The molecule has 0 aliphatic carbocycles. The lowest BCUT2D eigenvalue weighted by molar-refractivity contribution is -0.167. The van der Waals surface area contributed by atoms with Gasteiger partial charge in [-0.25, -0.2) is 4.98 Å². The molecule has 0 saturated carbocycles. The van der Waals surface area contributed by atoms with Crippen molar-refractivity contribution in [1.29, 1.82) is 0 Å². The number of hydrogen-bond donors (Lipinski definition) is 1. The smallest absolute Gasteiger partial charge is 0.294 e. The lowest BCUT2D eigenvalue weighted by Gasteiger charge is -2.09. The number of thiazole rings is 1. The molecule has 1 heterocycles. The highest BCUT2D eigenvalue weighted by Gasteiger charge is 2.46. The molecule has 20 heavy (non-hydrogen) atoms. The van der Waals surface area contributed by atoms with Crippen molar-refractivity contribution >= 4 is 38.3 Å². The van der Waals surface area contributed by atoms with E-state index in [-0.39, 0.29) is 0 Å². The van der Waals surface area contributed by atoms with Crippen LogP contribution in [0.3, 0.4) is 0 Å². The molecular formula is C7HBrF8N2OS. The van der Waals surface area contributed by atoms with E-state index in [2.05, 4.69) is 4.98 Å². The summed E-state index contributed by atoms with van der Waals surface area (Å²) >= 11 is 1.23. The zero-order valence-electron chi connectivity index (χ0n) is 8.67. The lowest BCUT2D eigenvalue weighted by atomic mass is 10.3. The summed E-state index contributed by atoms with van der Waals surface area (Å²) in [6.45, 7) is 0. The van der Waals surface area contributed by atoms with Gasteiger partial charge in [0.1, 0.15) is 4.88 Å². The van der Waals surface area contributed by atoms with Crippen LogP contribution in [0.1, 0.15) is 10.6 Å². The molecule has 0 fully saturated rings. The van der Waals surface area contributed by atoms with Crippen LogP contribution in [-0.2, 0) is 15.8 Å². The largest absolute Gasteiger partial charge is 0.471 e. The molecule has 114 valence electrons. The van der Waals surface area contributed by atoms with Gasteiger partial charge in [-0.15, -0.1) is 0 Å². The fourth-order valence-corrected chi connectivity index (χ4v) is 2.20. The van der Waals surface area contributed by atoms with Gasteiger partial charge in [0.05, 0.1) is 0 Å². The Morgan fingerprint density at radius 3 is 1.90 bits per heavy atom. The molecule has 1 aromatic rings. The normalized spacial score (nSPS) is 13.4. The van der Waals surface area contributed by atoms with Gasteiger partial charge < -0.3 is 0 Å². The Morgan fingerprint density at radius 1 is 1.10 bits per heavy atom. The van der Waals surface area contributed by atoms with E-state index in [0.717, 1.165) is 5.32 Å². The van der Waals surface area contributed by atoms with Gasteiger partial charge in [0.15, 0.2) is 10.8 Å². The number of anilines is 1. The lowest BCUT2D eigenvalue weighted by Crippen LogP contribution is -2.29. The third-order valence-corrected chi connectivity index (χ3v) is 3.33. The van der Waals surface area contributed by atoms with Gasteiger partial charge >= 0.3 is 23.1 Å². The Hall–Kier alpha value is -0.980. The van der Waals surface area contributed by atoms with Crippen LogP contribution in [-0.4, -0.2) is 17.1 Å². The molecule has 13 heteroatoms. The van der Waals surface area contributed by atoms with Crippen LogP contribution in [0.4, 0.5) is 40.3 Å². The van der Waals surface area contributed by atoms with Crippen molar-refractivity contribution in [2.24, 2.45) is 0 Å². The van der Waals surface area contributed by atoms with Crippen LogP contribution in [0.15, 0.2) is 0 Å². The second-order valence-electron chi connectivity index (χ2n) is 3.14. The van der Waals surface area contributed by atoms with Gasteiger partial charge in [0, 0.05) is 0 Å². The molecule has 0 aromatic carbocycles. The van der Waals surface area contributed by atoms with E-state index < -0.39 is 50.1 Å². The van der Waals surface area contributed by atoms with Crippen molar-refractivity contribution in [3.05, 3.63) is 10.6 Å². The number of rotatable bonds is 2. The Labute approximate surface area is 117 Å². The molecular weight excluding hydrogens is 392 g/mol. The summed E-state index contributed by atoms with van der Waals surface area (Å²) in [5, 5.41) is -0.266. The Balaban J connectivity index is 3.21. The quantitative estimate of drug-likeness (QED) is 0.607. The molecule has 1 aromatic heterocycles. The number of aromatic nitrogens is 1. The van der Waals surface area contributed by atoms with Crippen LogP contribution in [0.2, 0.25) is 0 Å². The van der Waals surface area contributed by atoms with E-state index in [1.807, 2.05) is 0 Å². The molecule has 0 spiro atoms. The van der Waals surface area contributed by atoms with Gasteiger partial charge in [0.25, 0.3) is 0 Å². The maximum absolute atomic E-state index is 12.9. The second kappa shape index (κ2) is 5.09. The van der Waals surface area contributed by atoms with Gasteiger partial charge in [-0.3, -0.25) is 10.1 Å².